The van der Waals surface area contributed by atoms with Crippen molar-refractivity contribution >= 4 is 17.5 Å². The van der Waals surface area contributed by atoms with Crippen molar-refractivity contribution in [2.45, 2.75) is 25.4 Å². The number of rotatable bonds is 4. The Bertz CT molecular complexity index is 425. The van der Waals surface area contributed by atoms with Crippen LogP contribution in [-0.4, -0.2) is 18.5 Å². The number of hydrogen-bond acceptors (Lipinski definition) is 2. The molecule has 92 valence electrons. The van der Waals surface area contributed by atoms with Crippen LogP contribution in [0, 0.1) is 5.82 Å². The molecule has 0 radical (unpaired) electrons. The highest BCUT2D eigenvalue weighted by Gasteiger charge is 2.19. The molecule has 0 aliphatic carbocycles. The summed E-state index contributed by atoms with van der Waals surface area (Å²) in [4.78, 5) is 11.0. The van der Waals surface area contributed by atoms with Crippen LogP contribution in [0.3, 0.4) is 0 Å². The molecule has 1 aliphatic heterocycles. The lowest BCUT2D eigenvalue weighted by atomic mass is 10.2. The molecular weight excluding hydrogens is 243 g/mol. The highest BCUT2D eigenvalue weighted by atomic mass is 35.5. The van der Waals surface area contributed by atoms with Gasteiger partial charge in [-0.1, -0.05) is 23.7 Å². The Morgan fingerprint density at radius 2 is 2.35 bits per heavy atom. The molecular formula is C12H14ClFN2O. The molecule has 0 saturated carbocycles. The van der Waals surface area contributed by atoms with Crippen LogP contribution in [0.15, 0.2) is 18.2 Å². The van der Waals surface area contributed by atoms with Crippen molar-refractivity contribution in [3.05, 3.63) is 34.6 Å². The van der Waals surface area contributed by atoms with Crippen LogP contribution in [0.2, 0.25) is 5.02 Å². The van der Waals surface area contributed by atoms with Crippen LogP contribution in [0.4, 0.5) is 4.39 Å². The van der Waals surface area contributed by atoms with E-state index in [0.717, 1.165) is 12.0 Å². The van der Waals surface area contributed by atoms with Gasteiger partial charge in [0, 0.05) is 25.6 Å². The highest BCUT2D eigenvalue weighted by molar-refractivity contribution is 6.31. The van der Waals surface area contributed by atoms with Crippen LogP contribution >= 0.6 is 11.6 Å². The Labute approximate surface area is 104 Å². The van der Waals surface area contributed by atoms with Crippen LogP contribution < -0.4 is 10.6 Å². The van der Waals surface area contributed by atoms with Crippen molar-refractivity contribution in [2.24, 2.45) is 0 Å². The van der Waals surface area contributed by atoms with Crippen molar-refractivity contribution < 1.29 is 9.18 Å². The molecule has 1 heterocycles. The smallest absolute Gasteiger partial charge is 0.220 e. The summed E-state index contributed by atoms with van der Waals surface area (Å²) in [6.45, 7) is 1.18. The molecule has 0 spiro atoms. The summed E-state index contributed by atoms with van der Waals surface area (Å²) in [6.07, 6.45) is 1.44. The molecule has 1 fully saturated rings. The molecule has 1 atom stereocenters. The Balaban J connectivity index is 1.82. The second-order valence-corrected chi connectivity index (χ2v) is 4.52. The van der Waals surface area contributed by atoms with Crippen molar-refractivity contribution in [3.8, 4) is 0 Å². The fraction of sp³-hybridized carbons (Fsp3) is 0.417. The van der Waals surface area contributed by atoms with Crippen molar-refractivity contribution in [2.75, 3.05) is 6.54 Å². The Hall–Kier alpha value is -1.13. The average Bonchev–Trinajstić information content (AvgIpc) is 2.70. The number of benzene rings is 1. The SMILES string of the molecule is O=C1CCC(CNCc2cccc(F)c2Cl)N1. The molecule has 1 aromatic rings. The lowest BCUT2D eigenvalue weighted by Crippen LogP contribution is -2.35. The standard InChI is InChI=1S/C12H14ClFN2O/c13-12-8(2-1-3-10(12)14)6-15-7-9-4-5-11(17)16-9/h1-3,9,15H,4-7H2,(H,16,17). The zero-order valence-corrected chi connectivity index (χ0v) is 10.1. The first-order valence-electron chi connectivity index (χ1n) is 5.60. The van der Waals surface area contributed by atoms with Crippen molar-refractivity contribution in [3.63, 3.8) is 0 Å². The van der Waals surface area contributed by atoms with Gasteiger partial charge in [0.05, 0.1) is 5.02 Å². The number of hydrogen-bond donors (Lipinski definition) is 2. The Kier molecular flexibility index (Phi) is 3.97. The summed E-state index contributed by atoms with van der Waals surface area (Å²) in [5.74, 6) is -0.305. The van der Waals surface area contributed by atoms with E-state index in [1.807, 2.05) is 0 Å². The van der Waals surface area contributed by atoms with Gasteiger partial charge in [0.25, 0.3) is 0 Å². The molecule has 1 aliphatic rings. The van der Waals surface area contributed by atoms with Crippen LogP contribution in [0.5, 0.6) is 0 Å². The summed E-state index contributed by atoms with van der Waals surface area (Å²) in [7, 11) is 0. The zero-order chi connectivity index (χ0) is 12.3. The molecule has 1 aromatic carbocycles. The second-order valence-electron chi connectivity index (χ2n) is 4.15. The minimum absolute atomic E-state index is 0.0978. The van der Waals surface area contributed by atoms with Crippen LogP contribution in [0.1, 0.15) is 18.4 Å². The topological polar surface area (TPSA) is 41.1 Å². The maximum atomic E-state index is 13.1. The first-order chi connectivity index (χ1) is 8.16. The van der Waals surface area contributed by atoms with Gasteiger partial charge in [0.1, 0.15) is 5.82 Å². The number of amides is 1. The van der Waals surface area contributed by atoms with E-state index in [1.165, 1.54) is 6.07 Å². The third kappa shape index (κ3) is 3.17. The molecule has 17 heavy (non-hydrogen) atoms. The maximum Gasteiger partial charge on any atom is 0.220 e. The minimum atomic E-state index is -0.403. The average molecular weight is 257 g/mol. The monoisotopic (exact) mass is 256 g/mol. The predicted octanol–water partition coefficient (Wildman–Crippen LogP) is 1.85. The third-order valence-electron chi connectivity index (χ3n) is 2.82. The number of nitrogens with one attached hydrogen (secondary N) is 2. The second kappa shape index (κ2) is 5.47. The van der Waals surface area contributed by atoms with Gasteiger partial charge in [-0.25, -0.2) is 4.39 Å². The molecule has 3 nitrogen and oxygen atoms in total. The fourth-order valence-corrected chi connectivity index (χ4v) is 2.09. The summed E-state index contributed by atoms with van der Waals surface area (Å²) in [6, 6.07) is 4.93. The molecule has 2 rings (SSSR count). The lowest BCUT2D eigenvalue weighted by molar-refractivity contribution is -0.119. The van der Waals surface area contributed by atoms with Gasteiger partial charge in [0.2, 0.25) is 5.91 Å². The molecule has 1 amide bonds. The molecule has 1 saturated heterocycles. The van der Waals surface area contributed by atoms with E-state index in [4.69, 9.17) is 11.6 Å². The number of halogens is 2. The molecule has 0 bridgehead atoms. The maximum absolute atomic E-state index is 13.1. The molecule has 5 heteroatoms. The first-order valence-corrected chi connectivity index (χ1v) is 5.97. The summed E-state index contributed by atoms with van der Waals surface area (Å²) >= 11 is 5.83. The first kappa shape index (κ1) is 12.3. The summed E-state index contributed by atoms with van der Waals surface area (Å²) in [5, 5.41) is 6.19. The number of carbonyl (C=O) groups excluding carboxylic acids is 1. The quantitative estimate of drug-likeness (QED) is 0.863. The van der Waals surface area contributed by atoms with Gasteiger partial charge in [-0.3, -0.25) is 4.79 Å². The van der Waals surface area contributed by atoms with E-state index in [9.17, 15) is 9.18 Å². The fourth-order valence-electron chi connectivity index (χ4n) is 1.90. The van der Waals surface area contributed by atoms with E-state index in [0.29, 0.717) is 19.5 Å². The number of carbonyl (C=O) groups is 1. The predicted molar refractivity (Wildman–Crippen MR) is 64.3 cm³/mol. The molecule has 0 aromatic heterocycles. The minimum Gasteiger partial charge on any atom is -0.352 e. The van der Waals surface area contributed by atoms with Gasteiger partial charge in [-0.2, -0.15) is 0 Å². The Morgan fingerprint density at radius 1 is 1.53 bits per heavy atom. The normalized spacial score (nSPS) is 19.4. The third-order valence-corrected chi connectivity index (χ3v) is 3.25. The van der Waals surface area contributed by atoms with Gasteiger partial charge in [-0.15, -0.1) is 0 Å². The zero-order valence-electron chi connectivity index (χ0n) is 9.30. The van der Waals surface area contributed by atoms with E-state index >= 15 is 0 Å². The van der Waals surface area contributed by atoms with E-state index in [2.05, 4.69) is 10.6 Å². The van der Waals surface area contributed by atoms with Crippen LogP contribution in [0.25, 0.3) is 0 Å². The summed E-state index contributed by atoms with van der Waals surface area (Å²) < 4.78 is 13.1. The molecule has 1 unspecified atom stereocenters. The highest BCUT2D eigenvalue weighted by Crippen LogP contribution is 2.19. The largest absolute Gasteiger partial charge is 0.352 e. The van der Waals surface area contributed by atoms with Gasteiger partial charge in [0.15, 0.2) is 0 Å². The summed E-state index contributed by atoms with van der Waals surface area (Å²) in [5.41, 5.74) is 0.732. The van der Waals surface area contributed by atoms with Gasteiger partial charge >= 0.3 is 0 Å². The van der Waals surface area contributed by atoms with Gasteiger partial charge < -0.3 is 10.6 Å². The Morgan fingerprint density at radius 3 is 3.06 bits per heavy atom. The van der Waals surface area contributed by atoms with E-state index in [1.54, 1.807) is 12.1 Å². The molecule has 2 N–H and O–H groups in total. The van der Waals surface area contributed by atoms with Gasteiger partial charge in [-0.05, 0) is 18.1 Å². The van der Waals surface area contributed by atoms with E-state index < -0.39 is 5.82 Å². The van der Waals surface area contributed by atoms with Crippen molar-refractivity contribution in [1.29, 1.82) is 0 Å². The lowest BCUT2D eigenvalue weighted by Gasteiger charge is -2.12. The van der Waals surface area contributed by atoms with Crippen molar-refractivity contribution in [1.82, 2.24) is 10.6 Å². The van der Waals surface area contributed by atoms with Crippen LogP contribution in [-0.2, 0) is 11.3 Å². The van der Waals surface area contributed by atoms with E-state index in [-0.39, 0.29) is 17.0 Å².